The van der Waals surface area contributed by atoms with Crippen molar-refractivity contribution in [2.45, 2.75) is 6.92 Å². The van der Waals surface area contributed by atoms with E-state index in [1.165, 1.54) is 12.3 Å². The van der Waals surface area contributed by atoms with Gasteiger partial charge in [0.05, 0.1) is 10.7 Å². The van der Waals surface area contributed by atoms with E-state index in [-0.39, 0.29) is 17.5 Å². The average Bonchev–Trinajstić information content (AvgIpc) is 2.71. The zero-order valence-electron chi connectivity index (χ0n) is 14.7. The second kappa shape index (κ2) is 8.47. The number of amides is 2. The van der Waals surface area contributed by atoms with Crippen molar-refractivity contribution < 1.29 is 9.59 Å². The summed E-state index contributed by atoms with van der Waals surface area (Å²) in [5.41, 5.74) is 1.82. The summed E-state index contributed by atoms with van der Waals surface area (Å²) < 4.78 is 0. The Bertz CT molecular complexity index is 960. The second-order valence-electron chi connectivity index (χ2n) is 5.75. The Hall–Kier alpha value is -3.18. The van der Waals surface area contributed by atoms with Crippen LogP contribution < -0.4 is 10.2 Å². The second-order valence-corrected chi connectivity index (χ2v) is 6.16. The highest BCUT2D eigenvalue weighted by atomic mass is 35.5. The molecular weight excluding hydrogens is 362 g/mol. The molecule has 0 saturated heterocycles. The van der Waals surface area contributed by atoms with Gasteiger partial charge in [0.2, 0.25) is 0 Å². The maximum atomic E-state index is 12.9. The predicted molar refractivity (Wildman–Crippen MR) is 107 cm³/mol. The van der Waals surface area contributed by atoms with Crippen molar-refractivity contribution in [1.82, 2.24) is 4.98 Å². The van der Waals surface area contributed by atoms with E-state index in [1.807, 2.05) is 37.3 Å². The Morgan fingerprint density at radius 1 is 1.04 bits per heavy atom. The van der Waals surface area contributed by atoms with Gasteiger partial charge in [-0.25, -0.2) is 0 Å². The number of carbonyl (C=O) groups excluding carboxylic acids is 2. The van der Waals surface area contributed by atoms with E-state index >= 15 is 0 Å². The molecule has 1 aromatic heterocycles. The molecule has 0 bridgehead atoms. The largest absolute Gasteiger partial charge is 0.321 e. The SMILES string of the molecule is CCN(C(=O)c1cc(C(=O)Nc2ccccc2Cl)ccn1)c1ccccc1. The molecule has 2 amide bonds. The van der Waals surface area contributed by atoms with Gasteiger partial charge in [-0.3, -0.25) is 14.6 Å². The number of nitrogens with one attached hydrogen (secondary N) is 1. The fraction of sp³-hybridized carbons (Fsp3) is 0.0952. The molecule has 6 heteroatoms. The summed E-state index contributed by atoms with van der Waals surface area (Å²) in [5, 5.41) is 3.19. The highest BCUT2D eigenvalue weighted by molar-refractivity contribution is 6.33. The summed E-state index contributed by atoms with van der Waals surface area (Å²) in [6, 6.07) is 19.3. The monoisotopic (exact) mass is 379 g/mol. The highest BCUT2D eigenvalue weighted by Crippen LogP contribution is 2.21. The number of halogens is 1. The number of hydrogen-bond acceptors (Lipinski definition) is 3. The third-order valence-corrected chi connectivity index (χ3v) is 4.32. The molecule has 0 fully saturated rings. The molecule has 0 aliphatic carbocycles. The number of anilines is 2. The van der Waals surface area contributed by atoms with E-state index in [1.54, 1.807) is 35.2 Å². The summed E-state index contributed by atoms with van der Waals surface area (Å²) in [6.45, 7) is 2.37. The lowest BCUT2D eigenvalue weighted by Crippen LogP contribution is -2.31. The summed E-state index contributed by atoms with van der Waals surface area (Å²) in [5.74, 6) is -0.626. The number of rotatable bonds is 5. The molecular formula is C21H18ClN3O2. The van der Waals surface area contributed by atoms with Crippen LogP contribution in [0.4, 0.5) is 11.4 Å². The molecule has 0 atom stereocenters. The smallest absolute Gasteiger partial charge is 0.276 e. The van der Waals surface area contributed by atoms with Gasteiger partial charge in [-0.15, -0.1) is 0 Å². The van der Waals surface area contributed by atoms with Crippen LogP contribution in [0.3, 0.4) is 0 Å². The van der Waals surface area contributed by atoms with E-state index in [0.717, 1.165) is 5.69 Å². The first kappa shape index (κ1) is 18.6. The van der Waals surface area contributed by atoms with Crippen molar-refractivity contribution in [3.05, 3.63) is 89.2 Å². The third kappa shape index (κ3) is 4.33. The van der Waals surface area contributed by atoms with Gasteiger partial charge in [0.15, 0.2) is 0 Å². The molecule has 136 valence electrons. The van der Waals surface area contributed by atoms with Gasteiger partial charge in [0.25, 0.3) is 11.8 Å². The van der Waals surface area contributed by atoms with Crippen LogP contribution in [0.2, 0.25) is 5.02 Å². The zero-order valence-corrected chi connectivity index (χ0v) is 15.5. The van der Waals surface area contributed by atoms with Crippen LogP contribution >= 0.6 is 11.6 Å². The van der Waals surface area contributed by atoms with Gasteiger partial charge >= 0.3 is 0 Å². The minimum atomic E-state index is -0.359. The van der Waals surface area contributed by atoms with E-state index < -0.39 is 0 Å². The maximum Gasteiger partial charge on any atom is 0.276 e. The van der Waals surface area contributed by atoms with Crippen molar-refractivity contribution in [2.24, 2.45) is 0 Å². The Balaban J connectivity index is 1.83. The standard InChI is InChI=1S/C21H18ClN3O2/c1-2-25(16-8-4-3-5-9-16)21(27)19-14-15(12-13-23-19)20(26)24-18-11-7-6-10-17(18)22/h3-14H,2H2,1H3,(H,24,26). The van der Waals surface area contributed by atoms with Gasteiger partial charge in [0.1, 0.15) is 5.69 Å². The number of carbonyl (C=O) groups is 2. The van der Waals surface area contributed by atoms with Crippen LogP contribution in [0.25, 0.3) is 0 Å². The quantitative estimate of drug-likeness (QED) is 0.701. The molecule has 0 aliphatic heterocycles. The average molecular weight is 380 g/mol. The van der Waals surface area contributed by atoms with Crippen molar-refractivity contribution >= 4 is 34.8 Å². The lowest BCUT2D eigenvalue weighted by molar-refractivity contribution is 0.0983. The molecule has 0 unspecified atom stereocenters. The molecule has 2 aromatic carbocycles. The number of nitrogens with zero attached hydrogens (tertiary/aromatic N) is 2. The molecule has 0 spiro atoms. The van der Waals surface area contributed by atoms with Gasteiger partial charge in [-0.1, -0.05) is 41.9 Å². The fourth-order valence-electron chi connectivity index (χ4n) is 2.64. The molecule has 1 N–H and O–H groups in total. The van der Waals surface area contributed by atoms with Gasteiger partial charge in [0, 0.05) is 24.0 Å². The van der Waals surface area contributed by atoms with Gasteiger partial charge in [-0.2, -0.15) is 0 Å². The van der Waals surface area contributed by atoms with E-state index in [9.17, 15) is 9.59 Å². The van der Waals surface area contributed by atoms with E-state index in [4.69, 9.17) is 11.6 Å². The predicted octanol–water partition coefficient (Wildman–Crippen LogP) is 4.65. The Kier molecular flexibility index (Phi) is 5.84. The molecule has 3 rings (SSSR count). The normalized spacial score (nSPS) is 10.3. The Morgan fingerprint density at radius 3 is 2.44 bits per heavy atom. The first-order valence-corrected chi connectivity index (χ1v) is 8.86. The van der Waals surface area contributed by atoms with Crippen molar-refractivity contribution in [3.63, 3.8) is 0 Å². The van der Waals surface area contributed by atoms with Crippen LogP contribution in [-0.2, 0) is 0 Å². The van der Waals surface area contributed by atoms with Crippen molar-refractivity contribution in [2.75, 3.05) is 16.8 Å². The summed E-state index contributed by atoms with van der Waals surface area (Å²) in [6.07, 6.45) is 1.45. The highest BCUT2D eigenvalue weighted by Gasteiger charge is 2.19. The number of aromatic nitrogens is 1. The van der Waals surface area contributed by atoms with E-state index in [2.05, 4.69) is 10.3 Å². The van der Waals surface area contributed by atoms with Crippen LogP contribution in [0.15, 0.2) is 72.9 Å². The molecule has 0 radical (unpaired) electrons. The third-order valence-electron chi connectivity index (χ3n) is 3.99. The summed E-state index contributed by atoms with van der Waals surface area (Å²) in [4.78, 5) is 31.2. The number of para-hydroxylation sites is 2. The minimum absolute atomic E-state index is 0.201. The van der Waals surface area contributed by atoms with Crippen molar-refractivity contribution in [3.8, 4) is 0 Å². The van der Waals surface area contributed by atoms with Gasteiger partial charge in [-0.05, 0) is 43.3 Å². The van der Waals surface area contributed by atoms with E-state index in [0.29, 0.717) is 22.8 Å². The van der Waals surface area contributed by atoms with Crippen LogP contribution in [0, 0.1) is 0 Å². The molecule has 0 aliphatic rings. The molecule has 27 heavy (non-hydrogen) atoms. The van der Waals surface area contributed by atoms with Crippen LogP contribution in [0.5, 0.6) is 0 Å². The lowest BCUT2D eigenvalue weighted by Gasteiger charge is -2.20. The zero-order chi connectivity index (χ0) is 19.2. The summed E-state index contributed by atoms with van der Waals surface area (Å²) in [7, 11) is 0. The molecule has 5 nitrogen and oxygen atoms in total. The molecule has 0 saturated carbocycles. The fourth-order valence-corrected chi connectivity index (χ4v) is 2.82. The Labute approximate surface area is 162 Å². The Morgan fingerprint density at radius 2 is 1.74 bits per heavy atom. The van der Waals surface area contributed by atoms with Crippen LogP contribution in [0.1, 0.15) is 27.8 Å². The number of benzene rings is 2. The minimum Gasteiger partial charge on any atom is -0.321 e. The van der Waals surface area contributed by atoms with Gasteiger partial charge < -0.3 is 10.2 Å². The maximum absolute atomic E-state index is 12.9. The lowest BCUT2D eigenvalue weighted by atomic mass is 10.2. The molecule has 1 heterocycles. The topological polar surface area (TPSA) is 62.3 Å². The molecule has 3 aromatic rings. The number of pyridine rings is 1. The first-order valence-electron chi connectivity index (χ1n) is 8.49. The number of hydrogen-bond donors (Lipinski definition) is 1. The summed E-state index contributed by atoms with van der Waals surface area (Å²) >= 11 is 6.08. The first-order chi connectivity index (χ1) is 13.1. The van der Waals surface area contributed by atoms with Crippen LogP contribution in [-0.4, -0.2) is 23.3 Å². The van der Waals surface area contributed by atoms with Crippen molar-refractivity contribution in [1.29, 1.82) is 0 Å².